The van der Waals surface area contributed by atoms with Gasteiger partial charge in [-0.1, -0.05) is 25.1 Å². The molecule has 6 nitrogen and oxygen atoms in total. The average molecular weight is 316 g/mol. The number of nitrogens with one attached hydrogen (secondary N) is 2. The number of ether oxygens (including phenoxy) is 1. The van der Waals surface area contributed by atoms with Crippen LogP contribution < -0.4 is 14.8 Å². The lowest BCUT2D eigenvalue weighted by Crippen LogP contribution is -2.47. The predicted octanol–water partition coefficient (Wildman–Crippen LogP) is 0.691. The summed E-state index contributed by atoms with van der Waals surface area (Å²) < 4.78 is 31.0. The monoisotopic (exact) mass is 316 g/mol. The van der Waals surface area contributed by atoms with Crippen molar-refractivity contribution in [2.75, 3.05) is 18.9 Å². The summed E-state index contributed by atoms with van der Waals surface area (Å²) in [6.07, 6.45) is -0.591. The molecule has 0 saturated heterocycles. The van der Waals surface area contributed by atoms with Crippen molar-refractivity contribution in [1.29, 1.82) is 0 Å². The lowest BCUT2D eigenvalue weighted by molar-refractivity contribution is 0.104. The maximum atomic E-state index is 11.6. The van der Waals surface area contributed by atoms with E-state index in [9.17, 15) is 13.5 Å². The van der Waals surface area contributed by atoms with Crippen LogP contribution in [0.15, 0.2) is 30.3 Å². The van der Waals surface area contributed by atoms with E-state index >= 15 is 0 Å². The molecule has 0 aromatic heterocycles. The Morgan fingerprint density at radius 3 is 2.57 bits per heavy atom. The molecule has 0 aliphatic rings. The number of aliphatic hydroxyl groups is 1. The number of hydrogen-bond acceptors (Lipinski definition) is 5. The number of benzene rings is 1. The summed E-state index contributed by atoms with van der Waals surface area (Å²) in [4.78, 5) is 0. The van der Waals surface area contributed by atoms with Gasteiger partial charge in [0.2, 0.25) is 10.0 Å². The van der Waals surface area contributed by atoms with Gasteiger partial charge in [-0.05, 0) is 25.5 Å². The number of aliphatic hydroxyl groups excluding tert-OH is 1. The molecule has 0 bridgehead atoms. The van der Waals surface area contributed by atoms with E-state index < -0.39 is 22.3 Å². The van der Waals surface area contributed by atoms with Crippen LogP contribution in [-0.4, -0.2) is 44.7 Å². The molecule has 0 saturated carbocycles. The van der Waals surface area contributed by atoms with Crippen LogP contribution in [0.2, 0.25) is 0 Å². The van der Waals surface area contributed by atoms with Gasteiger partial charge < -0.3 is 9.84 Å². The lowest BCUT2D eigenvalue weighted by atomic mass is 10.3. The van der Waals surface area contributed by atoms with Crippen LogP contribution in [0.3, 0.4) is 0 Å². The maximum absolute atomic E-state index is 11.6. The summed E-state index contributed by atoms with van der Waals surface area (Å²) in [7, 11) is -3.26. The molecule has 0 heterocycles. The molecule has 0 aliphatic heterocycles. The molecule has 0 fully saturated rings. The topological polar surface area (TPSA) is 87.7 Å². The number of sulfonamides is 1. The van der Waals surface area contributed by atoms with Crippen LogP contribution >= 0.6 is 0 Å². The van der Waals surface area contributed by atoms with Gasteiger partial charge in [0.25, 0.3) is 0 Å². The summed E-state index contributed by atoms with van der Waals surface area (Å²) in [5.74, 6) is 0.784. The normalized spacial score (nSPS) is 14.6. The van der Waals surface area contributed by atoms with Crippen LogP contribution in [-0.2, 0) is 10.0 Å². The Morgan fingerprint density at radius 1 is 1.29 bits per heavy atom. The molecule has 0 aliphatic carbocycles. The van der Waals surface area contributed by atoms with E-state index in [0.29, 0.717) is 12.2 Å². The molecule has 7 heteroatoms. The van der Waals surface area contributed by atoms with Crippen LogP contribution in [0, 0.1) is 0 Å². The van der Waals surface area contributed by atoms with E-state index in [1.165, 1.54) is 0 Å². The van der Waals surface area contributed by atoms with Gasteiger partial charge in [-0.2, -0.15) is 4.72 Å². The Bertz CT molecular complexity index is 493. The number of rotatable bonds is 10. The molecule has 120 valence electrons. The molecule has 0 amide bonds. The minimum atomic E-state index is -3.26. The van der Waals surface area contributed by atoms with Crippen molar-refractivity contribution in [2.24, 2.45) is 0 Å². The standard InChI is InChI=1S/C14H24N2O4S/c1-3-9-21(18,19)16-12(2)15-10-13(17)11-20-14-7-5-4-6-8-14/h4-8,12-13,15-17H,3,9-11H2,1-2H3. The van der Waals surface area contributed by atoms with E-state index in [1.807, 2.05) is 37.3 Å². The Balaban J connectivity index is 2.24. The quantitative estimate of drug-likeness (QED) is 0.553. The van der Waals surface area contributed by atoms with Crippen LogP contribution in [0.4, 0.5) is 0 Å². The van der Waals surface area contributed by atoms with E-state index in [4.69, 9.17) is 4.74 Å². The molecule has 1 aromatic carbocycles. The van der Waals surface area contributed by atoms with Crippen molar-refractivity contribution in [3.8, 4) is 5.75 Å². The van der Waals surface area contributed by atoms with E-state index in [0.717, 1.165) is 0 Å². The van der Waals surface area contributed by atoms with Crippen molar-refractivity contribution in [3.05, 3.63) is 30.3 Å². The minimum absolute atomic E-state index is 0.0959. The first-order valence-electron chi connectivity index (χ1n) is 7.02. The van der Waals surface area contributed by atoms with Crippen molar-refractivity contribution in [2.45, 2.75) is 32.5 Å². The Morgan fingerprint density at radius 2 is 1.95 bits per heavy atom. The van der Waals surface area contributed by atoms with E-state index in [-0.39, 0.29) is 18.9 Å². The summed E-state index contributed by atoms with van der Waals surface area (Å²) in [5, 5.41) is 12.7. The third-order valence-corrected chi connectivity index (χ3v) is 4.33. The Labute approximate surface area is 126 Å². The van der Waals surface area contributed by atoms with Gasteiger partial charge in [0.15, 0.2) is 0 Å². The molecule has 1 rings (SSSR count). The highest BCUT2D eigenvalue weighted by atomic mass is 32.2. The Kier molecular flexibility index (Phi) is 7.66. The molecule has 1 aromatic rings. The van der Waals surface area contributed by atoms with Gasteiger partial charge in [-0.3, -0.25) is 5.32 Å². The fourth-order valence-corrected chi connectivity index (χ4v) is 3.00. The largest absolute Gasteiger partial charge is 0.491 e. The van der Waals surface area contributed by atoms with E-state index in [2.05, 4.69) is 10.0 Å². The molecular weight excluding hydrogens is 292 g/mol. The molecule has 2 unspecified atom stereocenters. The fourth-order valence-electron chi connectivity index (χ4n) is 1.72. The molecule has 0 spiro atoms. The van der Waals surface area contributed by atoms with Gasteiger partial charge in [0.05, 0.1) is 11.9 Å². The van der Waals surface area contributed by atoms with Crippen LogP contribution in [0.1, 0.15) is 20.3 Å². The van der Waals surface area contributed by atoms with Gasteiger partial charge in [-0.25, -0.2) is 8.42 Å². The second kappa shape index (κ2) is 8.99. The molecular formula is C14H24N2O4S. The maximum Gasteiger partial charge on any atom is 0.212 e. The van der Waals surface area contributed by atoms with Gasteiger partial charge >= 0.3 is 0 Å². The fraction of sp³-hybridized carbons (Fsp3) is 0.571. The molecule has 2 atom stereocenters. The summed E-state index contributed by atoms with van der Waals surface area (Å²) in [6, 6.07) is 9.20. The minimum Gasteiger partial charge on any atom is -0.491 e. The van der Waals surface area contributed by atoms with Crippen LogP contribution in [0.5, 0.6) is 5.75 Å². The highest BCUT2D eigenvalue weighted by molar-refractivity contribution is 7.89. The third-order valence-electron chi connectivity index (χ3n) is 2.67. The van der Waals surface area contributed by atoms with Crippen molar-refractivity contribution >= 4 is 10.0 Å². The van der Waals surface area contributed by atoms with Crippen LogP contribution in [0.25, 0.3) is 0 Å². The SMILES string of the molecule is CCCS(=O)(=O)NC(C)NCC(O)COc1ccccc1. The Hall–Kier alpha value is -1.15. The lowest BCUT2D eigenvalue weighted by Gasteiger charge is -2.18. The van der Waals surface area contributed by atoms with Gasteiger partial charge in [0, 0.05) is 6.54 Å². The number of hydrogen-bond donors (Lipinski definition) is 3. The summed E-state index contributed by atoms with van der Waals surface area (Å²) >= 11 is 0. The van der Waals surface area contributed by atoms with Crippen molar-refractivity contribution in [1.82, 2.24) is 10.0 Å². The zero-order valence-electron chi connectivity index (χ0n) is 12.5. The average Bonchev–Trinajstić information content (AvgIpc) is 2.43. The highest BCUT2D eigenvalue weighted by Gasteiger charge is 2.14. The second-order valence-corrected chi connectivity index (χ2v) is 6.72. The first kappa shape index (κ1) is 17.9. The first-order valence-corrected chi connectivity index (χ1v) is 8.67. The van der Waals surface area contributed by atoms with Crippen molar-refractivity contribution in [3.63, 3.8) is 0 Å². The molecule has 3 N–H and O–H groups in total. The number of para-hydroxylation sites is 1. The summed E-state index contributed by atoms with van der Waals surface area (Å²) in [6.45, 7) is 3.88. The smallest absolute Gasteiger partial charge is 0.212 e. The molecule has 21 heavy (non-hydrogen) atoms. The van der Waals surface area contributed by atoms with Gasteiger partial charge in [0.1, 0.15) is 18.5 Å². The first-order chi connectivity index (χ1) is 9.93. The molecule has 0 radical (unpaired) electrons. The predicted molar refractivity (Wildman–Crippen MR) is 82.6 cm³/mol. The van der Waals surface area contributed by atoms with Crippen molar-refractivity contribution < 1.29 is 18.3 Å². The highest BCUT2D eigenvalue weighted by Crippen LogP contribution is 2.08. The second-order valence-electron chi connectivity index (χ2n) is 4.84. The van der Waals surface area contributed by atoms with E-state index in [1.54, 1.807) is 6.92 Å². The zero-order chi connectivity index (χ0) is 15.7. The van der Waals surface area contributed by atoms with Gasteiger partial charge in [-0.15, -0.1) is 0 Å². The third kappa shape index (κ3) is 8.01. The summed E-state index contributed by atoms with van der Waals surface area (Å²) in [5.41, 5.74) is 0. The zero-order valence-corrected chi connectivity index (χ0v) is 13.3.